The Labute approximate surface area is 148 Å². The van der Waals surface area contributed by atoms with Gasteiger partial charge in [-0.1, -0.05) is 20.8 Å². The summed E-state index contributed by atoms with van der Waals surface area (Å²) in [5, 5.41) is 5.29. The lowest BCUT2D eigenvalue weighted by Gasteiger charge is -2.09. The van der Waals surface area contributed by atoms with E-state index in [2.05, 4.69) is 27.1 Å². The van der Waals surface area contributed by atoms with E-state index in [0.717, 1.165) is 24.0 Å². The Hall–Kier alpha value is -2.09. The summed E-state index contributed by atoms with van der Waals surface area (Å²) in [6, 6.07) is 5.11. The summed E-state index contributed by atoms with van der Waals surface area (Å²) in [5.41, 5.74) is 2.45. The molecule has 7 nitrogen and oxygen atoms in total. The molecule has 0 radical (unpaired) electrons. The standard InChI is InChI=1S/C17H26N4O3S/c1-4-8-21-12-19-15-10-14(5-6-16(15)21)20-17(22)18-7-9-25(23,24)11-13(2)3/h5-6,10,12-13H,4,7-9,11H2,1-3H3,(H2,18,20,22). The molecule has 25 heavy (non-hydrogen) atoms. The molecule has 1 heterocycles. The van der Waals surface area contributed by atoms with E-state index in [0.29, 0.717) is 5.69 Å². The van der Waals surface area contributed by atoms with Crippen molar-refractivity contribution in [3.63, 3.8) is 0 Å². The molecule has 0 spiro atoms. The number of hydrogen-bond donors (Lipinski definition) is 2. The van der Waals surface area contributed by atoms with Gasteiger partial charge in [0, 0.05) is 18.8 Å². The molecule has 2 N–H and O–H groups in total. The van der Waals surface area contributed by atoms with Crippen molar-refractivity contribution >= 4 is 32.6 Å². The molecule has 0 aliphatic carbocycles. The van der Waals surface area contributed by atoms with E-state index in [9.17, 15) is 13.2 Å². The molecule has 138 valence electrons. The fourth-order valence-electron chi connectivity index (χ4n) is 2.65. The van der Waals surface area contributed by atoms with Crippen LogP contribution in [0.5, 0.6) is 0 Å². The summed E-state index contributed by atoms with van der Waals surface area (Å²) >= 11 is 0. The largest absolute Gasteiger partial charge is 0.337 e. The number of carbonyl (C=O) groups is 1. The number of sulfone groups is 1. The number of rotatable bonds is 8. The average Bonchev–Trinajstić information content (AvgIpc) is 2.88. The fraction of sp³-hybridized carbons (Fsp3) is 0.529. The van der Waals surface area contributed by atoms with Crippen LogP contribution in [0.25, 0.3) is 11.0 Å². The maximum Gasteiger partial charge on any atom is 0.319 e. The number of aryl methyl sites for hydroxylation is 1. The molecule has 0 unspecified atom stereocenters. The van der Waals surface area contributed by atoms with Crippen LogP contribution in [0.15, 0.2) is 24.5 Å². The van der Waals surface area contributed by atoms with Gasteiger partial charge in [0.2, 0.25) is 0 Å². The highest BCUT2D eigenvalue weighted by atomic mass is 32.2. The van der Waals surface area contributed by atoms with Gasteiger partial charge in [0.1, 0.15) is 0 Å². The third kappa shape index (κ3) is 5.74. The molecule has 0 atom stereocenters. The van der Waals surface area contributed by atoms with Crippen molar-refractivity contribution in [3.05, 3.63) is 24.5 Å². The lowest BCUT2D eigenvalue weighted by Crippen LogP contribution is -2.33. The van der Waals surface area contributed by atoms with Gasteiger partial charge in [-0.3, -0.25) is 0 Å². The van der Waals surface area contributed by atoms with E-state index in [1.165, 1.54) is 0 Å². The van der Waals surface area contributed by atoms with E-state index >= 15 is 0 Å². The predicted octanol–water partition coefficient (Wildman–Crippen LogP) is 2.64. The van der Waals surface area contributed by atoms with Crippen molar-refractivity contribution in [2.75, 3.05) is 23.4 Å². The van der Waals surface area contributed by atoms with Crippen LogP contribution in [0.1, 0.15) is 27.2 Å². The number of amides is 2. The number of fused-ring (bicyclic) bond motifs is 1. The van der Waals surface area contributed by atoms with Gasteiger partial charge in [-0.25, -0.2) is 18.2 Å². The molecule has 0 bridgehead atoms. The summed E-state index contributed by atoms with van der Waals surface area (Å²) in [4.78, 5) is 16.3. The predicted molar refractivity (Wildman–Crippen MR) is 101 cm³/mol. The van der Waals surface area contributed by atoms with Gasteiger partial charge < -0.3 is 15.2 Å². The van der Waals surface area contributed by atoms with Crippen LogP contribution in [0.2, 0.25) is 0 Å². The molecular formula is C17H26N4O3S. The summed E-state index contributed by atoms with van der Waals surface area (Å²) in [6.45, 7) is 6.81. The van der Waals surface area contributed by atoms with Crippen LogP contribution in [-0.4, -0.2) is 42.1 Å². The first kappa shape index (κ1) is 19.2. The van der Waals surface area contributed by atoms with E-state index in [1.807, 2.05) is 26.0 Å². The maximum absolute atomic E-state index is 11.9. The van der Waals surface area contributed by atoms with Gasteiger partial charge in [-0.05, 0) is 30.5 Å². The third-order valence-corrected chi connectivity index (χ3v) is 5.63. The normalized spacial score (nSPS) is 11.8. The number of benzene rings is 1. The first-order valence-electron chi connectivity index (χ1n) is 8.51. The number of anilines is 1. The molecule has 2 rings (SSSR count). The number of carbonyl (C=O) groups excluding carboxylic acids is 1. The van der Waals surface area contributed by atoms with E-state index < -0.39 is 15.9 Å². The van der Waals surface area contributed by atoms with Gasteiger partial charge in [0.25, 0.3) is 0 Å². The second kappa shape index (κ2) is 8.33. The number of aromatic nitrogens is 2. The van der Waals surface area contributed by atoms with E-state index in [4.69, 9.17) is 0 Å². The van der Waals surface area contributed by atoms with Gasteiger partial charge >= 0.3 is 6.03 Å². The van der Waals surface area contributed by atoms with Crippen molar-refractivity contribution in [3.8, 4) is 0 Å². The zero-order chi connectivity index (χ0) is 18.4. The van der Waals surface area contributed by atoms with E-state index in [-0.39, 0.29) is 24.0 Å². The van der Waals surface area contributed by atoms with Crippen LogP contribution in [-0.2, 0) is 16.4 Å². The Morgan fingerprint density at radius 2 is 2.08 bits per heavy atom. The number of nitrogens with zero attached hydrogens (tertiary/aromatic N) is 2. The number of nitrogens with one attached hydrogen (secondary N) is 2. The third-order valence-electron chi connectivity index (χ3n) is 3.63. The molecule has 0 fully saturated rings. The SMILES string of the molecule is CCCn1cnc2cc(NC(=O)NCCS(=O)(=O)CC(C)C)ccc21. The summed E-state index contributed by atoms with van der Waals surface area (Å²) in [6.07, 6.45) is 2.81. The maximum atomic E-state index is 11.9. The Bertz CT molecular complexity index is 828. The van der Waals surface area contributed by atoms with Crippen LogP contribution in [0, 0.1) is 5.92 Å². The molecule has 1 aromatic carbocycles. The molecule has 0 aliphatic heterocycles. The molecule has 0 saturated carbocycles. The minimum atomic E-state index is -3.14. The highest BCUT2D eigenvalue weighted by Crippen LogP contribution is 2.18. The van der Waals surface area contributed by atoms with Crippen LogP contribution >= 0.6 is 0 Å². The summed E-state index contributed by atoms with van der Waals surface area (Å²) < 4.78 is 25.7. The van der Waals surface area contributed by atoms with Crippen LogP contribution in [0.4, 0.5) is 10.5 Å². The van der Waals surface area contributed by atoms with Gasteiger partial charge in [0.15, 0.2) is 9.84 Å². The van der Waals surface area contributed by atoms with E-state index in [1.54, 1.807) is 12.4 Å². The number of urea groups is 1. The zero-order valence-electron chi connectivity index (χ0n) is 14.9. The first-order chi connectivity index (χ1) is 11.8. The van der Waals surface area contributed by atoms with Gasteiger partial charge in [-0.2, -0.15) is 0 Å². The zero-order valence-corrected chi connectivity index (χ0v) is 15.8. The highest BCUT2D eigenvalue weighted by molar-refractivity contribution is 7.91. The highest BCUT2D eigenvalue weighted by Gasteiger charge is 2.13. The lowest BCUT2D eigenvalue weighted by molar-refractivity contribution is 0.252. The second-order valence-corrected chi connectivity index (χ2v) is 8.76. The van der Waals surface area contributed by atoms with Gasteiger partial charge in [0.05, 0.1) is 28.9 Å². The van der Waals surface area contributed by atoms with Crippen molar-refractivity contribution in [1.29, 1.82) is 0 Å². The second-order valence-electron chi connectivity index (χ2n) is 6.53. The molecule has 0 aliphatic rings. The van der Waals surface area contributed by atoms with Crippen LogP contribution < -0.4 is 10.6 Å². The Balaban J connectivity index is 1.89. The molecule has 1 aromatic heterocycles. The Morgan fingerprint density at radius 3 is 2.76 bits per heavy atom. The monoisotopic (exact) mass is 366 g/mol. The van der Waals surface area contributed by atoms with Crippen molar-refractivity contribution in [2.24, 2.45) is 5.92 Å². The molecule has 0 saturated heterocycles. The van der Waals surface area contributed by atoms with Crippen molar-refractivity contribution in [1.82, 2.24) is 14.9 Å². The first-order valence-corrected chi connectivity index (χ1v) is 10.3. The molecule has 2 amide bonds. The van der Waals surface area contributed by atoms with Crippen LogP contribution in [0.3, 0.4) is 0 Å². The minimum Gasteiger partial charge on any atom is -0.337 e. The summed E-state index contributed by atoms with van der Waals surface area (Å²) in [5.74, 6) is 0.157. The topological polar surface area (TPSA) is 93.1 Å². The molecular weight excluding hydrogens is 340 g/mol. The molecule has 8 heteroatoms. The minimum absolute atomic E-state index is 0.0565. The smallest absolute Gasteiger partial charge is 0.319 e. The number of hydrogen-bond acceptors (Lipinski definition) is 4. The fourth-order valence-corrected chi connectivity index (χ4v) is 4.24. The van der Waals surface area contributed by atoms with Gasteiger partial charge in [-0.15, -0.1) is 0 Å². The Kier molecular flexibility index (Phi) is 6.41. The quantitative estimate of drug-likeness (QED) is 0.751. The molecule has 2 aromatic rings. The van der Waals surface area contributed by atoms with Crippen molar-refractivity contribution < 1.29 is 13.2 Å². The summed E-state index contributed by atoms with van der Waals surface area (Å²) in [7, 11) is -3.14. The van der Waals surface area contributed by atoms with Crippen molar-refractivity contribution in [2.45, 2.75) is 33.7 Å². The lowest BCUT2D eigenvalue weighted by atomic mass is 10.2. The number of imidazole rings is 1. The average molecular weight is 366 g/mol. The Morgan fingerprint density at radius 1 is 1.32 bits per heavy atom.